The number of anilines is 1. The highest BCUT2D eigenvalue weighted by Crippen LogP contribution is 2.48. The molecular formula is C25H23N3O5. The summed E-state index contributed by atoms with van der Waals surface area (Å²) in [5, 5.41) is 3.28. The number of ketones is 1. The van der Waals surface area contributed by atoms with Gasteiger partial charge in [0.15, 0.2) is 5.78 Å². The minimum Gasteiger partial charge on any atom is -0.497 e. The quantitative estimate of drug-likeness (QED) is 0.566. The van der Waals surface area contributed by atoms with Gasteiger partial charge in [0.25, 0.3) is 5.56 Å². The molecule has 0 amide bonds. The van der Waals surface area contributed by atoms with E-state index < -0.39 is 17.2 Å². The molecule has 0 radical (unpaired) electrons. The first-order chi connectivity index (χ1) is 16.0. The molecule has 8 nitrogen and oxygen atoms in total. The van der Waals surface area contributed by atoms with Crippen molar-refractivity contribution in [2.45, 2.75) is 18.9 Å². The van der Waals surface area contributed by atoms with Crippen molar-refractivity contribution >= 4 is 17.3 Å². The van der Waals surface area contributed by atoms with Crippen LogP contribution in [0, 0.1) is 0 Å². The van der Waals surface area contributed by atoms with Crippen molar-refractivity contribution in [3.05, 3.63) is 97.2 Å². The Labute approximate surface area is 189 Å². The van der Waals surface area contributed by atoms with Gasteiger partial charge in [-0.1, -0.05) is 36.4 Å². The zero-order chi connectivity index (χ0) is 23.1. The number of carbonyl (C=O) groups excluding carboxylic acids is 1. The number of rotatable bonds is 6. The number of allylic oxidation sites excluding steroid dienone is 1. The van der Waals surface area contributed by atoms with Crippen molar-refractivity contribution < 1.29 is 14.3 Å². The molecule has 2 heterocycles. The molecule has 1 atom stereocenters. The van der Waals surface area contributed by atoms with Crippen LogP contribution in [0.3, 0.4) is 0 Å². The van der Waals surface area contributed by atoms with E-state index in [9.17, 15) is 14.4 Å². The molecule has 0 bridgehead atoms. The standard InChI is InChI=1S/C25H23N3O5/c1-32-12-6-11-28-23-20(24(30)27-25(28)31)18(14-7-5-8-15(13-14)33-2)19-21(26-23)16-9-3-4-10-17(16)22(19)29/h3-5,7-10,13,18,26H,6,11-12H2,1-2H3,(H,27,30,31). The normalized spacial score (nSPS) is 16.2. The highest BCUT2D eigenvalue weighted by molar-refractivity contribution is 6.23. The van der Waals surface area contributed by atoms with Gasteiger partial charge < -0.3 is 14.8 Å². The van der Waals surface area contributed by atoms with E-state index in [0.717, 1.165) is 11.1 Å². The molecule has 2 N–H and O–H groups in total. The fourth-order valence-corrected chi connectivity index (χ4v) is 4.70. The lowest BCUT2D eigenvalue weighted by Crippen LogP contribution is -2.38. The molecule has 8 heteroatoms. The number of carbonyl (C=O) groups is 1. The van der Waals surface area contributed by atoms with Gasteiger partial charge in [-0.15, -0.1) is 0 Å². The fraction of sp³-hybridized carbons (Fsp3) is 0.240. The van der Waals surface area contributed by atoms with Crippen molar-refractivity contribution in [1.82, 2.24) is 9.55 Å². The Morgan fingerprint density at radius 1 is 1.00 bits per heavy atom. The zero-order valence-electron chi connectivity index (χ0n) is 18.3. The van der Waals surface area contributed by atoms with Gasteiger partial charge in [0.2, 0.25) is 0 Å². The Kier molecular flexibility index (Phi) is 5.22. The van der Waals surface area contributed by atoms with Crippen LogP contribution in [-0.2, 0) is 11.3 Å². The predicted octanol–water partition coefficient (Wildman–Crippen LogP) is 2.75. The number of nitrogens with zero attached hydrogens (tertiary/aromatic N) is 1. The summed E-state index contributed by atoms with van der Waals surface area (Å²) >= 11 is 0. The summed E-state index contributed by atoms with van der Waals surface area (Å²) in [7, 11) is 3.16. The van der Waals surface area contributed by atoms with Gasteiger partial charge in [-0.25, -0.2) is 4.79 Å². The first kappa shape index (κ1) is 21.0. The average molecular weight is 445 g/mol. The number of nitrogens with one attached hydrogen (secondary N) is 2. The SMILES string of the molecule is COCCCn1c2c(c(=O)[nH]c1=O)C(c1cccc(OC)c1)C1=C(N2)c2ccccc2C1=O. The zero-order valence-corrected chi connectivity index (χ0v) is 18.3. The smallest absolute Gasteiger partial charge is 0.329 e. The molecule has 5 rings (SSSR count). The van der Waals surface area contributed by atoms with Gasteiger partial charge in [0.1, 0.15) is 11.6 Å². The predicted molar refractivity (Wildman–Crippen MR) is 124 cm³/mol. The van der Waals surface area contributed by atoms with E-state index in [2.05, 4.69) is 10.3 Å². The van der Waals surface area contributed by atoms with E-state index in [1.165, 1.54) is 4.57 Å². The molecule has 1 unspecified atom stereocenters. The molecule has 0 fully saturated rings. The molecule has 0 saturated heterocycles. The summed E-state index contributed by atoms with van der Waals surface area (Å²) in [6, 6.07) is 14.6. The number of aromatic amines is 1. The van der Waals surface area contributed by atoms with Gasteiger partial charge in [-0.3, -0.25) is 19.1 Å². The topological polar surface area (TPSA) is 102 Å². The Morgan fingerprint density at radius 3 is 2.55 bits per heavy atom. The number of hydrogen-bond acceptors (Lipinski definition) is 6. The Balaban J connectivity index is 1.79. The summed E-state index contributed by atoms with van der Waals surface area (Å²) in [6.45, 7) is 0.816. The first-order valence-corrected chi connectivity index (χ1v) is 10.7. The van der Waals surface area contributed by atoms with E-state index in [1.54, 1.807) is 20.3 Å². The number of aromatic nitrogens is 2. The molecule has 0 spiro atoms. The van der Waals surface area contributed by atoms with Crippen LogP contribution in [0.2, 0.25) is 0 Å². The molecule has 168 valence electrons. The van der Waals surface area contributed by atoms with Gasteiger partial charge in [-0.05, 0) is 24.1 Å². The van der Waals surface area contributed by atoms with E-state index in [0.29, 0.717) is 53.5 Å². The number of H-pyrrole nitrogens is 1. The van der Waals surface area contributed by atoms with Gasteiger partial charge in [-0.2, -0.15) is 0 Å². The number of methoxy groups -OCH3 is 2. The average Bonchev–Trinajstić information content (AvgIpc) is 3.12. The Morgan fingerprint density at radius 2 is 1.79 bits per heavy atom. The maximum absolute atomic E-state index is 13.5. The van der Waals surface area contributed by atoms with Crippen molar-refractivity contribution in [3.8, 4) is 5.75 Å². The Bertz CT molecular complexity index is 1420. The highest BCUT2D eigenvalue weighted by atomic mass is 16.5. The van der Waals surface area contributed by atoms with Crippen molar-refractivity contribution in [2.24, 2.45) is 0 Å². The van der Waals surface area contributed by atoms with Crippen molar-refractivity contribution in [3.63, 3.8) is 0 Å². The molecule has 0 saturated carbocycles. The molecule has 2 aromatic carbocycles. The molecular weight excluding hydrogens is 422 g/mol. The first-order valence-electron chi connectivity index (χ1n) is 10.7. The molecule has 1 aliphatic carbocycles. The fourth-order valence-electron chi connectivity index (χ4n) is 4.70. The van der Waals surface area contributed by atoms with Gasteiger partial charge in [0.05, 0.1) is 18.4 Å². The second-order valence-electron chi connectivity index (χ2n) is 8.02. The molecule has 2 aliphatic rings. The molecule has 1 aliphatic heterocycles. The third-order valence-electron chi connectivity index (χ3n) is 6.17. The summed E-state index contributed by atoms with van der Waals surface area (Å²) < 4.78 is 12.1. The van der Waals surface area contributed by atoms with Gasteiger partial charge in [0, 0.05) is 42.9 Å². The van der Waals surface area contributed by atoms with Crippen LogP contribution in [-0.4, -0.2) is 36.2 Å². The molecule has 1 aromatic heterocycles. The number of fused-ring (bicyclic) bond motifs is 3. The van der Waals surface area contributed by atoms with Crippen LogP contribution in [0.25, 0.3) is 5.70 Å². The second kappa shape index (κ2) is 8.22. The second-order valence-corrected chi connectivity index (χ2v) is 8.02. The lowest BCUT2D eigenvalue weighted by Gasteiger charge is -2.30. The largest absolute Gasteiger partial charge is 0.497 e. The number of Topliss-reactive ketones (excluding diaryl/α,β-unsaturated/α-hetero) is 1. The molecule has 33 heavy (non-hydrogen) atoms. The summed E-state index contributed by atoms with van der Waals surface area (Å²) in [4.78, 5) is 41.9. The van der Waals surface area contributed by atoms with E-state index in [-0.39, 0.29) is 5.78 Å². The minimum absolute atomic E-state index is 0.136. The van der Waals surface area contributed by atoms with Crippen LogP contribution < -0.4 is 21.3 Å². The van der Waals surface area contributed by atoms with E-state index in [1.807, 2.05) is 42.5 Å². The van der Waals surface area contributed by atoms with E-state index >= 15 is 0 Å². The summed E-state index contributed by atoms with van der Waals surface area (Å²) in [5.41, 5.74) is 2.49. The van der Waals surface area contributed by atoms with Crippen molar-refractivity contribution in [1.29, 1.82) is 0 Å². The maximum atomic E-state index is 13.5. The van der Waals surface area contributed by atoms with Crippen LogP contribution >= 0.6 is 0 Å². The van der Waals surface area contributed by atoms with Crippen LogP contribution in [0.1, 0.15) is 39.4 Å². The number of benzene rings is 2. The van der Waals surface area contributed by atoms with Crippen molar-refractivity contribution in [2.75, 3.05) is 26.1 Å². The maximum Gasteiger partial charge on any atom is 0.329 e. The lowest BCUT2D eigenvalue weighted by atomic mass is 9.81. The summed E-state index contributed by atoms with van der Waals surface area (Å²) in [6.07, 6.45) is 0.585. The third kappa shape index (κ3) is 3.30. The van der Waals surface area contributed by atoms with Crippen LogP contribution in [0.15, 0.2) is 63.7 Å². The lowest BCUT2D eigenvalue weighted by molar-refractivity contribution is 0.103. The summed E-state index contributed by atoms with van der Waals surface area (Å²) in [5.74, 6) is 0.214. The van der Waals surface area contributed by atoms with Crippen LogP contribution in [0.5, 0.6) is 5.75 Å². The van der Waals surface area contributed by atoms with Gasteiger partial charge >= 0.3 is 5.69 Å². The monoisotopic (exact) mass is 445 g/mol. The van der Waals surface area contributed by atoms with Crippen LogP contribution in [0.4, 0.5) is 5.82 Å². The highest BCUT2D eigenvalue weighted by Gasteiger charge is 2.42. The Hall–Kier alpha value is -3.91. The number of ether oxygens (including phenoxy) is 2. The third-order valence-corrected chi connectivity index (χ3v) is 6.17. The molecule has 3 aromatic rings. The minimum atomic E-state index is -0.663. The van der Waals surface area contributed by atoms with E-state index in [4.69, 9.17) is 9.47 Å². The number of hydrogen-bond donors (Lipinski definition) is 2.